The highest BCUT2D eigenvalue weighted by atomic mass is 19.4. The summed E-state index contributed by atoms with van der Waals surface area (Å²) in [7, 11) is 0. The van der Waals surface area contributed by atoms with Crippen LogP contribution >= 0.6 is 0 Å². The maximum atomic E-state index is 12.7. The fraction of sp³-hybridized carbons (Fsp3) is 0.500. The lowest BCUT2D eigenvalue weighted by atomic mass is 9.89. The van der Waals surface area contributed by atoms with Crippen LogP contribution in [-0.2, 0) is 16.1 Å². The van der Waals surface area contributed by atoms with Crippen molar-refractivity contribution in [2.45, 2.75) is 38.1 Å². The summed E-state index contributed by atoms with van der Waals surface area (Å²) >= 11 is 0. The van der Waals surface area contributed by atoms with Gasteiger partial charge in [0.2, 0.25) is 0 Å². The molecule has 33 heavy (non-hydrogen) atoms. The van der Waals surface area contributed by atoms with Crippen LogP contribution in [0.15, 0.2) is 41.1 Å². The standard InChI is InChI=1S/C20H25N3O3.C2HF3O2/c1-16-18(5-12-25-16)19(24)23-9-6-20(7-10-23)15-22(11-13-26-20)14-17-4-2-3-8-21-17;3-2(4,5)1(6)7/h2-5,8,12H,6-7,9-11,13-15H2,1H3;(H,6,7). The molecule has 0 radical (unpaired) electrons. The number of pyridine rings is 1. The fourth-order valence-corrected chi connectivity index (χ4v) is 3.98. The van der Waals surface area contributed by atoms with E-state index in [1.54, 1.807) is 12.3 Å². The van der Waals surface area contributed by atoms with E-state index in [0.717, 1.165) is 57.9 Å². The van der Waals surface area contributed by atoms with Crippen molar-refractivity contribution < 1.29 is 37.0 Å². The van der Waals surface area contributed by atoms with E-state index in [9.17, 15) is 18.0 Å². The van der Waals surface area contributed by atoms with Gasteiger partial charge in [0.1, 0.15) is 5.76 Å². The first kappa shape index (κ1) is 24.7. The summed E-state index contributed by atoms with van der Waals surface area (Å²) in [4.78, 5) is 30.3. The lowest BCUT2D eigenvalue weighted by Gasteiger charge is -2.47. The third-order valence-electron chi connectivity index (χ3n) is 5.73. The van der Waals surface area contributed by atoms with E-state index < -0.39 is 12.1 Å². The zero-order valence-corrected chi connectivity index (χ0v) is 18.2. The zero-order valence-electron chi connectivity index (χ0n) is 18.2. The minimum absolute atomic E-state index is 0.0623. The van der Waals surface area contributed by atoms with Gasteiger partial charge in [-0.3, -0.25) is 14.7 Å². The monoisotopic (exact) mass is 469 g/mol. The van der Waals surface area contributed by atoms with Crippen LogP contribution in [0.2, 0.25) is 0 Å². The summed E-state index contributed by atoms with van der Waals surface area (Å²) in [5.74, 6) is -2.01. The number of likely N-dealkylation sites (tertiary alicyclic amines) is 1. The smallest absolute Gasteiger partial charge is 0.475 e. The van der Waals surface area contributed by atoms with Gasteiger partial charge in [-0.15, -0.1) is 0 Å². The van der Waals surface area contributed by atoms with E-state index in [0.29, 0.717) is 11.3 Å². The highest BCUT2D eigenvalue weighted by Gasteiger charge is 2.41. The fourth-order valence-electron chi connectivity index (χ4n) is 3.98. The number of nitrogens with zero attached hydrogens (tertiary/aromatic N) is 3. The maximum Gasteiger partial charge on any atom is 0.490 e. The van der Waals surface area contributed by atoms with Crippen LogP contribution in [0.25, 0.3) is 0 Å². The van der Waals surface area contributed by atoms with Crippen molar-refractivity contribution in [1.29, 1.82) is 0 Å². The first-order valence-electron chi connectivity index (χ1n) is 10.5. The highest BCUT2D eigenvalue weighted by Crippen LogP contribution is 2.31. The van der Waals surface area contributed by atoms with Gasteiger partial charge in [0.15, 0.2) is 0 Å². The number of rotatable bonds is 3. The van der Waals surface area contributed by atoms with Gasteiger partial charge in [0.25, 0.3) is 5.91 Å². The van der Waals surface area contributed by atoms with Crippen molar-refractivity contribution in [3.8, 4) is 0 Å². The molecule has 4 heterocycles. The van der Waals surface area contributed by atoms with Crippen molar-refractivity contribution in [2.75, 3.05) is 32.8 Å². The van der Waals surface area contributed by atoms with Crippen LogP contribution in [0.4, 0.5) is 13.2 Å². The van der Waals surface area contributed by atoms with E-state index in [2.05, 4.69) is 16.0 Å². The summed E-state index contributed by atoms with van der Waals surface area (Å²) in [6, 6.07) is 7.80. The molecule has 0 aromatic carbocycles. The predicted molar refractivity (Wildman–Crippen MR) is 110 cm³/mol. The third kappa shape index (κ3) is 6.55. The summed E-state index contributed by atoms with van der Waals surface area (Å²) < 4.78 is 43.2. The lowest BCUT2D eigenvalue weighted by molar-refractivity contribution is -0.192. The van der Waals surface area contributed by atoms with Crippen molar-refractivity contribution in [1.82, 2.24) is 14.8 Å². The second-order valence-electron chi connectivity index (χ2n) is 8.05. The van der Waals surface area contributed by atoms with Crippen LogP contribution in [0, 0.1) is 6.92 Å². The molecule has 180 valence electrons. The normalized spacial score (nSPS) is 18.5. The number of morpholine rings is 1. The summed E-state index contributed by atoms with van der Waals surface area (Å²) in [6.07, 6.45) is 0.0734. The van der Waals surface area contributed by atoms with Gasteiger partial charge in [0.05, 0.1) is 29.7 Å². The molecular weight excluding hydrogens is 443 g/mol. The van der Waals surface area contributed by atoms with Gasteiger partial charge < -0.3 is 19.2 Å². The van der Waals surface area contributed by atoms with Gasteiger partial charge in [-0.2, -0.15) is 13.2 Å². The second-order valence-corrected chi connectivity index (χ2v) is 8.05. The molecule has 2 aliphatic heterocycles. The number of aromatic nitrogens is 1. The number of piperidine rings is 1. The van der Waals surface area contributed by atoms with Gasteiger partial charge in [-0.25, -0.2) is 4.79 Å². The molecular formula is C22H26F3N3O5. The number of hydrogen-bond donors (Lipinski definition) is 1. The molecule has 1 spiro atoms. The molecule has 2 aromatic heterocycles. The Labute approximate surface area is 188 Å². The van der Waals surface area contributed by atoms with E-state index in [1.807, 2.05) is 30.2 Å². The number of furan rings is 1. The van der Waals surface area contributed by atoms with Gasteiger partial charge in [-0.1, -0.05) is 6.07 Å². The molecule has 2 saturated heterocycles. The molecule has 11 heteroatoms. The maximum absolute atomic E-state index is 12.7. The third-order valence-corrected chi connectivity index (χ3v) is 5.73. The Morgan fingerprint density at radius 1 is 1.18 bits per heavy atom. The lowest BCUT2D eigenvalue weighted by Crippen LogP contribution is -2.57. The number of amides is 1. The summed E-state index contributed by atoms with van der Waals surface area (Å²) in [5.41, 5.74) is 1.62. The van der Waals surface area contributed by atoms with Crippen molar-refractivity contribution in [3.05, 3.63) is 53.7 Å². The van der Waals surface area contributed by atoms with E-state index in [-0.39, 0.29) is 11.5 Å². The average Bonchev–Trinajstić information content (AvgIpc) is 3.20. The van der Waals surface area contributed by atoms with E-state index in [1.165, 1.54) is 0 Å². The van der Waals surface area contributed by atoms with Crippen LogP contribution in [0.3, 0.4) is 0 Å². The minimum atomic E-state index is -5.08. The van der Waals surface area contributed by atoms with Crippen LogP contribution in [0.1, 0.15) is 34.7 Å². The Kier molecular flexibility index (Phi) is 7.75. The van der Waals surface area contributed by atoms with Crippen molar-refractivity contribution >= 4 is 11.9 Å². The number of carboxylic acids is 1. The predicted octanol–water partition coefficient (Wildman–Crippen LogP) is 3.12. The van der Waals surface area contributed by atoms with Crippen LogP contribution in [0.5, 0.6) is 0 Å². The van der Waals surface area contributed by atoms with E-state index in [4.69, 9.17) is 19.1 Å². The average molecular weight is 469 g/mol. The molecule has 2 aliphatic rings. The number of halogens is 3. The molecule has 4 rings (SSSR count). The first-order chi connectivity index (χ1) is 15.6. The molecule has 0 unspecified atom stereocenters. The van der Waals surface area contributed by atoms with Gasteiger partial charge >= 0.3 is 12.1 Å². The molecule has 8 nitrogen and oxygen atoms in total. The SMILES string of the molecule is Cc1occc1C(=O)N1CCC2(CC1)CN(Cc1ccccn1)CCO2.O=C(O)C(F)(F)F. The topological polar surface area (TPSA) is 96.1 Å². The molecule has 2 aromatic rings. The Hall–Kier alpha value is -2.92. The number of hydrogen-bond acceptors (Lipinski definition) is 6. The molecule has 1 N–H and O–H groups in total. The minimum Gasteiger partial charge on any atom is -0.475 e. The van der Waals surface area contributed by atoms with E-state index >= 15 is 0 Å². The molecule has 0 saturated carbocycles. The van der Waals surface area contributed by atoms with Gasteiger partial charge in [-0.05, 0) is 38.0 Å². The molecule has 2 fully saturated rings. The Balaban J connectivity index is 0.000000383. The largest absolute Gasteiger partial charge is 0.490 e. The quantitative estimate of drug-likeness (QED) is 0.738. The molecule has 0 atom stereocenters. The number of ether oxygens (including phenoxy) is 1. The molecule has 0 bridgehead atoms. The zero-order chi connectivity index (χ0) is 24.1. The van der Waals surface area contributed by atoms with Gasteiger partial charge in [0, 0.05) is 38.9 Å². The first-order valence-corrected chi connectivity index (χ1v) is 10.5. The Morgan fingerprint density at radius 2 is 1.88 bits per heavy atom. The van der Waals surface area contributed by atoms with Crippen molar-refractivity contribution in [3.63, 3.8) is 0 Å². The molecule has 0 aliphatic carbocycles. The Bertz CT molecular complexity index is 940. The number of aryl methyl sites for hydroxylation is 1. The van der Waals surface area contributed by atoms with Crippen LogP contribution in [-0.4, -0.2) is 76.3 Å². The summed E-state index contributed by atoms with van der Waals surface area (Å²) in [6.45, 7) is 6.69. The number of aliphatic carboxylic acids is 1. The number of alkyl halides is 3. The van der Waals surface area contributed by atoms with Crippen molar-refractivity contribution in [2.24, 2.45) is 0 Å². The molecule has 1 amide bonds. The number of carbonyl (C=O) groups excluding carboxylic acids is 1. The number of carbonyl (C=O) groups is 2. The second kappa shape index (κ2) is 10.3. The summed E-state index contributed by atoms with van der Waals surface area (Å²) in [5, 5.41) is 7.12. The number of carboxylic acid groups (broad SMARTS) is 1. The van der Waals surface area contributed by atoms with Crippen LogP contribution < -0.4 is 0 Å². The Morgan fingerprint density at radius 3 is 2.42 bits per heavy atom. The highest BCUT2D eigenvalue weighted by molar-refractivity contribution is 5.95.